The molecule has 16 heteroatoms. The quantitative estimate of drug-likeness (QED) is 0.169. The number of benzene rings is 2. The Morgan fingerprint density at radius 1 is 0.923 bits per heavy atom. The molecule has 0 aromatic heterocycles. The number of carboxylic acids is 4. The van der Waals surface area contributed by atoms with Crippen LogP contribution in [0.1, 0.15) is 23.2 Å². The Morgan fingerprint density at radius 3 is 1.95 bits per heavy atom. The molecule has 0 heterocycles. The lowest BCUT2D eigenvalue weighted by Crippen LogP contribution is -2.26. The van der Waals surface area contributed by atoms with Crippen molar-refractivity contribution < 1.29 is 57.6 Å². The molecule has 1 amide bonds. The summed E-state index contributed by atoms with van der Waals surface area (Å²) in [6.07, 6.45) is 1.15. The van der Waals surface area contributed by atoms with Crippen molar-refractivity contribution in [3.8, 4) is 0 Å². The highest BCUT2D eigenvalue weighted by atomic mass is 79.9. The number of alkyl halides is 3. The van der Waals surface area contributed by atoms with Crippen LogP contribution >= 0.6 is 27.7 Å². The predicted molar refractivity (Wildman–Crippen MR) is 137 cm³/mol. The van der Waals surface area contributed by atoms with Crippen LogP contribution in [0, 0.1) is 0 Å². The smallest absolute Gasteiger partial charge is 0.446 e. The minimum absolute atomic E-state index is 0.127. The highest BCUT2D eigenvalue weighted by molar-refractivity contribution is 9.10. The number of hydrogen-bond donors (Lipinski definition) is 6. The summed E-state index contributed by atoms with van der Waals surface area (Å²) < 4.78 is 36.4. The lowest BCUT2D eigenvalue weighted by molar-refractivity contribution is -0.139. The number of carboxylic acid groups (broad SMARTS) is 4. The van der Waals surface area contributed by atoms with Crippen molar-refractivity contribution in [1.29, 1.82) is 0 Å². The van der Waals surface area contributed by atoms with Gasteiger partial charge >= 0.3 is 29.4 Å². The zero-order valence-corrected chi connectivity index (χ0v) is 22.0. The fourth-order valence-corrected chi connectivity index (χ4v) is 3.21. The number of aromatic carboxylic acids is 1. The van der Waals surface area contributed by atoms with Gasteiger partial charge in [-0.1, -0.05) is 18.2 Å². The lowest BCUT2D eigenvalue weighted by atomic mass is 10.1. The molecule has 0 fully saturated rings. The summed E-state index contributed by atoms with van der Waals surface area (Å²) in [5.41, 5.74) is 1.16. The number of carbonyl (C=O) groups is 5. The summed E-state index contributed by atoms with van der Waals surface area (Å²) in [6, 6.07) is 11.0. The first kappa shape index (κ1) is 35.1. The third-order valence-electron chi connectivity index (χ3n) is 3.70. The maximum Gasteiger partial charge on any atom is 0.446 e. The van der Waals surface area contributed by atoms with E-state index in [1.807, 2.05) is 6.07 Å². The van der Waals surface area contributed by atoms with E-state index in [0.717, 1.165) is 22.7 Å². The number of para-hydroxylation sites is 1. The summed E-state index contributed by atoms with van der Waals surface area (Å²) in [5.74, 6) is -5.03. The Labute approximate surface area is 231 Å². The van der Waals surface area contributed by atoms with Gasteiger partial charge in [0.25, 0.3) is 0 Å². The van der Waals surface area contributed by atoms with Crippen molar-refractivity contribution in [3.63, 3.8) is 0 Å². The number of amides is 1. The molecule has 0 saturated heterocycles. The van der Waals surface area contributed by atoms with Gasteiger partial charge in [0.05, 0.1) is 24.1 Å². The fourth-order valence-electron chi connectivity index (χ4n) is 2.23. The number of halogens is 4. The van der Waals surface area contributed by atoms with Crippen molar-refractivity contribution in [2.24, 2.45) is 5.73 Å². The van der Waals surface area contributed by atoms with Gasteiger partial charge in [0.15, 0.2) is 0 Å². The third kappa shape index (κ3) is 18.9. The zero-order valence-electron chi connectivity index (χ0n) is 19.6. The topological polar surface area (TPSA) is 204 Å². The van der Waals surface area contributed by atoms with Crippen LogP contribution in [0.5, 0.6) is 0 Å². The van der Waals surface area contributed by atoms with Crippen LogP contribution in [0.15, 0.2) is 70.1 Å². The van der Waals surface area contributed by atoms with Crippen molar-refractivity contribution in [1.82, 2.24) is 0 Å². The molecule has 0 radical (unpaired) electrons. The number of carbonyl (C=O) groups excluding carboxylic acids is 1. The first-order valence-electron chi connectivity index (χ1n) is 10.2. The molecule has 0 atom stereocenters. The Balaban J connectivity index is 0.000000568. The van der Waals surface area contributed by atoms with E-state index in [4.69, 9.17) is 26.2 Å². The summed E-state index contributed by atoms with van der Waals surface area (Å²) in [7, 11) is 0. The average molecular weight is 639 g/mol. The predicted octanol–water partition coefficient (Wildman–Crippen LogP) is 4.29. The molecule has 2 aromatic carbocycles. The summed E-state index contributed by atoms with van der Waals surface area (Å²) in [6.45, 7) is 0. The van der Waals surface area contributed by atoms with Crippen LogP contribution < -0.4 is 11.1 Å². The molecule has 2 rings (SSSR count). The van der Waals surface area contributed by atoms with Crippen LogP contribution in [0.2, 0.25) is 0 Å². The monoisotopic (exact) mass is 638 g/mol. The second-order valence-electron chi connectivity index (χ2n) is 6.98. The fraction of sp³-hybridized carbons (Fsp3) is 0.174. The number of hydrogen-bond acceptors (Lipinski definition) is 7. The van der Waals surface area contributed by atoms with Gasteiger partial charge in [0, 0.05) is 27.6 Å². The first-order chi connectivity index (χ1) is 18.0. The van der Waals surface area contributed by atoms with E-state index in [2.05, 4.69) is 21.2 Å². The van der Waals surface area contributed by atoms with Crippen molar-refractivity contribution in [2.45, 2.75) is 29.3 Å². The maximum absolute atomic E-state index is 11.9. The number of aliphatic carboxylic acids is 3. The van der Waals surface area contributed by atoms with Gasteiger partial charge in [-0.25, -0.2) is 9.59 Å². The number of rotatable bonds is 9. The van der Waals surface area contributed by atoms with Gasteiger partial charge in [0.2, 0.25) is 5.91 Å². The molecule has 0 aliphatic carbocycles. The standard InChI is InChI=1S/C10H8BrNO3.C8H5F3O2S.C5H9NO4/c11-7-3-1-2-4-8(7)12-9(13)5-6-10(14)15;9-8(10,11)14-6-3-1-2-5(4-6)7(12)13;6-3(1-4(7)8)2-5(9)10/h1-6H,(H,12,13)(H,14,15);1-4H,(H,12,13);3H,1-2,6H2,(H,7,8)(H,9,10)/b6-5-;;. The Hall–Kier alpha value is -3.89. The molecular formula is C23H22BrF3N2O9S. The molecule has 0 bridgehead atoms. The average Bonchev–Trinajstić information content (AvgIpc) is 2.78. The van der Waals surface area contributed by atoms with Crippen LogP contribution in [0.25, 0.3) is 0 Å². The van der Waals surface area contributed by atoms with Gasteiger partial charge in [-0.3, -0.25) is 14.4 Å². The maximum atomic E-state index is 11.9. The Kier molecular flexibility index (Phi) is 15.8. The molecule has 0 aliphatic heterocycles. The van der Waals surface area contributed by atoms with E-state index >= 15 is 0 Å². The van der Waals surface area contributed by atoms with Gasteiger partial charge in [-0.05, 0) is 58.0 Å². The molecule has 0 aliphatic rings. The highest BCUT2D eigenvalue weighted by Crippen LogP contribution is 2.36. The number of anilines is 1. The number of thioether (sulfide) groups is 1. The van der Waals surface area contributed by atoms with Gasteiger partial charge < -0.3 is 31.5 Å². The number of nitrogens with two attached hydrogens (primary N) is 1. The van der Waals surface area contributed by atoms with Gasteiger partial charge in [-0.15, -0.1) is 0 Å². The molecule has 7 N–H and O–H groups in total. The van der Waals surface area contributed by atoms with Crippen LogP contribution in [0.3, 0.4) is 0 Å². The molecule has 39 heavy (non-hydrogen) atoms. The SMILES string of the molecule is NC(CC(=O)O)CC(=O)O.O=C(O)/C=C\C(=O)Nc1ccccc1Br.O=C(O)c1cccc(SC(F)(F)F)c1. The summed E-state index contributed by atoms with van der Waals surface area (Å²) in [5, 5.41) is 35.6. The highest BCUT2D eigenvalue weighted by Gasteiger charge is 2.29. The minimum Gasteiger partial charge on any atom is -0.481 e. The van der Waals surface area contributed by atoms with Gasteiger partial charge in [0.1, 0.15) is 0 Å². The van der Waals surface area contributed by atoms with E-state index < -0.39 is 41.3 Å². The molecule has 212 valence electrons. The van der Waals surface area contributed by atoms with Crippen LogP contribution in [-0.4, -0.2) is 61.8 Å². The normalized spacial score (nSPS) is 10.5. The molecule has 0 spiro atoms. The van der Waals surface area contributed by atoms with Crippen molar-refractivity contribution in [3.05, 3.63) is 70.7 Å². The summed E-state index contributed by atoms with van der Waals surface area (Å²) in [4.78, 5) is 51.5. The largest absolute Gasteiger partial charge is 0.481 e. The minimum atomic E-state index is -4.39. The molecule has 0 saturated carbocycles. The second-order valence-corrected chi connectivity index (χ2v) is 8.97. The zero-order chi connectivity index (χ0) is 30.2. The molecule has 0 unspecified atom stereocenters. The van der Waals surface area contributed by atoms with E-state index in [1.165, 1.54) is 18.2 Å². The van der Waals surface area contributed by atoms with E-state index in [1.54, 1.807) is 18.2 Å². The third-order valence-corrected chi connectivity index (χ3v) is 5.11. The first-order valence-corrected chi connectivity index (χ1v) is 11.9. The van der Waals surface area contributed by atoms with E-state index in [9.17, 15) is 37.1 Å². The van der Waals surface area contributed by atoms with Gasteiger partial charge in [-0.2, -0.15) is 13.2 Å². The lowest BCUT2D eigenvalue weighted by Gasteiger charge is -2.05. The van der Waals surface area contributed by atoms with Crippen LogP contribution in [0.4, 0.5) is 18.9 Å². The molecule has 2 aromatic rings. The summed E-state index contributed by atoms with van der Waals surface area (Å²) >= 11 is 2.92. The van der Waals surface area contributed by atoms with Crippen LogP contribution in [-0.2, 0) is 19.2 Å². The van der Waals surface area contributed by atoms with E-state index in [-0.39, 0.29) is 35.1 Å². The van der Waals surface area contributed by atoms with Crippen molar-refractivity contribution >= 4 is 63.2 Å². The Bertz CT molecular complexity index is 1180. The van der Waals surface area contributed by atoms with E-state index in [0.29, 0.717) is 5.69 Å². The molecular weight excluding hydrogens is 617 g/mol. The second kappa shape index (κ2) is 17.6. The number of nitrogens with one attached hydrogen (secondary N) is 1. The molecule has 11 nitrogen and oxygen atoms in total. The van der Waals surface area contributed by atoms with Crippen molar-refractivity contribution in [2.75, 3.05) is 5.32 Å². The Morgan fingerprint density at radius 2 is 1.49 bits per heavy atom.